The Morgan fingerprint density at radius 1 is 1.04 bits per heavy atom. The number of carbonyl (C=O) groups excluding carboxylic acids is 1. The third-order valence-corrected chi connectivity index (χ3v) is 4.23. The summed E-state index contributed by atoms with van der Waals surface area (Å²) in [6, 6.07) is 15.4. The summed E-state index contributed by atoms with van der Waals surface area (Å²) in [5.74, 6) is 1.23. The van der Waals surface area contributed by atoms with E-state index >= 15 is 0 Å². The van der Waals surface area contributed by atoms with Gasteiger partial charge in [0.25, 0.3) is 5.91 Å². The lowest BCUT2D eigenvalue weighted by molar-refractivity contribution is -0.123. The van der Waals surface area contributed by atoms with Gasteiger partial charge in [0.1, 0.15) is 11.5 Å². The van der Waals surface area contributed by atoms with Crippen LogP contribution >= 0.6 is 0 Å². The van der Waals surface area contributed by atoms with Crippen molar-refractivity contribution >= 4 is 11.6 Å². The minimum atomic E-state index is -0.155. The van der Waals surface area contributed by atoms with Crippen LogP contribution in [0.4, 0.5) is 5.69 Å². The number of nitrogens with one attached hydrogen (secondary N) is 1. The SMILES string of the molecule is COc1ccc(OCC(=O)NCc2ccc(N3CCOCC3)cc2)cc1. The summed E-state index contributed by atoms with van der Waals surface area (Å²) in [6.07, 6.45) is 0. The Bertz CT molecular complexity index is 695. The number of hydrogen-bond acceptors (Lipinski definition) is 5. The summed E-state index contributed by atoms with van der Waals surface area (Å²) < 4.78 is 15.9. The van der Waals surface area contributed by atoms with Gasteiger partial charge in [-0.1, -0.05) is 12.1 Å². The monoisotopic (exact) mass is 356 g/mol. The molecule has 2 aromatic rings. The van der Waals surface area contributed by atoms with Crippen molar-refractivity contribution in [1.29, 1.82) is 0 Å². The van der Waals surface area contributed by atoms with Gasteiger partial charge in [-0.25, -0.2) is 0 Å². The molecule has 1 fully saturated rings. The van der Waals surface area contributed by atoms with Crippen LogP contribution in [0.1, 0.15) is 5.56 Å². The summed E-state index contributed by atoms with van der Waals surface area (Å²) in [6.45, 7) is 3.84. The molecule has 0 atom stereocenters. The van der Waals surface area contributed by atoms with Crippen molar-refractivity contribution in [1.82, 2.24) is 5.32 Å². The number of nitrogens with zero attached hydrogens (tertiary/aromatic N) is 1. The van der Waals surface area contributed by atoms with Gasteiger partial charge in [0.05, 0.1) is 20.3 Å². The van der Waals surface area contributed by atoms with Gasteiger partial charge in [0.15, 0.2) is 6.61 Å². The van der Waals surface area contributed by atoms with Crippen LogP contribution in [0, 0.1) is 0 Å². The average Bonchev–Trinajstić information content (AvgIpc) is 2.72. The molecule has 0 aromatic heterocycles. The number of anilines is 1. The molecule has 3 rings (SSSR count). The van der Waals surface area contributed by atoms with Crippen molar-refractivity contribution in [2.75, 3.05) is 44.9 Å². The van der Waals surface area contributed by atoms with Gasteiger partial charge in [0, 0.05) is 25.3 Å². The highest BCUT2D eigenvalue weighted by Crippen LogP contribution is 2.17. The van der Waals surface area contributed by atoms with E-state index in [1.165, 1.54) is 5.69 Å². The van der Waals surface area contributed by atoms with Gasteiger partial charge >= 0.3 is 0 Å². The second kappa shape index (κ2) is 9.10. The fourth-order valence-corrected chi connectivity index (χ4v) is 2.72. The van der Waals surface area contributed by atoms with Gasteiger partial charge in [-0.05, 0) is 42.0 Å². The first-order valence-electron chi connectivity index (χ1n) is 8.70. The fourth-order valence-electron chi connectivity index (χ4n) is 2.72. The quantitative estimate of drug-likeness (QED) is 0.824. The molecule has 0 aliphatic carbocycles. The van der Waals surface area contributed by atoms with Crippen LogP contribution in [0.3, 0.4) is 0 Å². The maximum atomic E-state index is 11.9. The molecule has 2 aromatic carbocycles. The van der Waals surface area contributed by atoms with Crippen LogP contribution < -0.4 is 19.7 Å². The molecule has 1 saturated heterocycles. The molecule has 6 nitrogen and oxygen atoms in total. The summed E-state index contributed by atoms with van der Waals surface area (Å²) >= 11 is 0. The maximum absolute atomic E-state index is 11.9. The molecule has 0 bridgehead atoms. The van der Waals surface area contributed by atoms with E-state index in [4.69, 9.17) is 14.2 Å². The zero-order chi connectivity index (χ0) is 18.2. The minimum Gasteiger partial charge on any atom is -0.497 e. The molecular weight excluding hydrogens is 332 g/mol. The Hall–Kier alpha value is -2.73. The number of amides is 1. The third-order valence-electron chi connectivity index (χ3n) is 4.23. The van der Waals surface area contributed by atoms with Crippen molar-refractivity contribution in [3.63, 3.8) is 0 Å². The number of rotatable bonds is 7. The van der Waals surface area contributed by atoms with E-state index in [1.54, 1.807) is 31.4 Å². The van der Waals surface area contributed by atoms with Gasteiger partial charge < -0.3 is 24.4 Å². The van der Waals surface area contributed by atoms with Gasteiger partial charge in [-0.3, -0.25) is 4.79 Å². The van der Waals surface area contributed by atoms with E-state index < -0.39 is 0 Å². The highest BCUT2D eigenvalue weighted by Gasteiger charge is 2.11. The molecule has 1 aliphatic rings. The van der Waals surface area contributed by atoms with Crippen LogP contribution in [-0.4, -0.2) is 45.9 Å². The van der Waals surface area contributed by atoms with Crippen molar-refractivity contribution < 1.29 is 19.0 Å². The Balaban J connectivity index is 1.42. The predicted molar refractivity (Wildman–Crippen MR) is 99.8 cm³/mol. The maximum Gasteiger partial charge on any atom is 0.258 e. The Morgan fingerprint density at radius 3 is 2.35 bits per heavy atom. The van der Waals surface area contributed by atoms with Gasteiger partial charge in [-0.2, -0.15) is 0 Å². The van der Waals surface area contributed by atoms with Crippen LogP contribution in [0.5, 0.6) is 11.5 Å². The number of ether oxygens (including phenoxy) is 3. The lowest BCUT2D eigenvalue weighted by atomic mass is 10.2. The summed E-state index contributed by atoms with van der Waals surface area (Å²) in [5, 5.41) is 2.87. The molecular formula is C20H24N2O4. The molecule has 0 spiro atoms. The van der Waals surface area contributed by atoms with Crippen LogP contribution in [0.15, 0.2) is 48.5 Å². The number of methoxy groups -OCH3 is 1. The van der Waals surface area contributed by atoms with Gasteiger partial charge in [-0.15, -0.1) is 0 Å². The molecule has 1 amide bonds. The third kappa shape index (κ3) is 5.13. The number of morpholine rings is 1. The number of carbonyl (C=O) groups is 1. The molecule has 1 heterocycles. The largest absolute Gasteiger partial charge is 0.497 e. The summed E-state index contributed by atoms with van der Waals surface area (Å²) in [5.41, 5.74) is 2.24. The Kier molecular flexibility index (Phi) is 6.33. The van der Waals surface area contributed by atoms with E-state index in [1.807, 2.05) is 12.1 Å². The zero-order valence-electron chi connectivity index (χ0n) is 14.9. The van der Waals surface area contributed by atoms with E-state index in [0.717, 1.165) is 37.6 Å². The van der Waals surface area contributed by atoms with Crippen LogP contribution in [0.25, 0.3) is 0 Å². The normalized spacial score (nSPS) is 14.0. The van der Waals surface area contributed by atoms with Crippen molar-refractivity contribution in [2.45, 2.75) is 6.54 Å². The Labute approximate surface area is 153 Å². The first-order chi connectivity index (χ1) is 12.7. The van der Waals surface area contributed by atoms with Crippen molar-refractivity contribution in [2.24, 2.45) is 0 Å². The summed E-state index contributed by atoms with van der Waals surface area (Å²) in [7, 11) is 1.61. The van der Waals surface area contributed by atoms with E-state index in [0.29, 0.717) is 12.3 Å². The second-order valence-electron chi connectivity index (χ2n) is 6.01. The second-order valence-corrected chi connectivity index (χ2v) is 6.01. The average molecular weight is 356 g/mol. The lowest BCUT2D eigenvalue weighted by Gasteiger charge is -2.28. The minimum absolute atomic E-state index is 0.0157. The van der Waals surface area contributed by atoms with Crippen molar-refractivity contribution in [3.8, 4) is 11.5 Å². The highest BCUT2D eigenvalue weighted by molar-refractivity contribution is 5.77. The molecule has 26 heavy (non-hydrogen) atoms. The predicted octanol–water partition coefficient (Wildman–Crippen LogP) is 2.23. The van der Waals surface area contributed by atoms with Gasteiger partial charge in [0.2, 0.25) is 0 Å². The number of benzene rings is 2. The van der Waals surface area contributed by atoms with E-state index in [-0.39, 0.29) is 12.5 Å². The Morgan fingerprint density at radius 2 is 1.69 bits per heavy atom. The molecule has 0 radical (unpaired) electrons. The van der Waals surface area contributed by atoms with E-state index in [9.17, 15) is 4.79 Å². The molecule has 6 heteroatoms. The molecule has 138 valence electrons. The highest BCUT2D eigenvalue weighted by atomic mass is 16.5. The lowest BCUT2D eigenvalue weighted by Crippen LogP contribution is -2.36. The topological polar surface area (TPSA) is 60.0 Å². The molecule has 1 N–H and O–H groups in total. The standard InChI is InChI=1S/C20H24N2O4/c1-24-18-6-8-19(9-7-18)26-15-20(23)21-14-16-2-4-17(5-3-16)22-10-12-25-13-11-22/h2-9H,10-15H2,1H3,(H,21,23). The molecule has 0 unspecified atom stereocenters. The fraction of sp³-hybridized carbons (Fsp3) is 0.350. The van der Waals surface area contributed by atoms with E-state index in [2.05, 4.69) is 22.3 Å². The first-order valence-corrected chi connectivity index (χ1v) is 8.70. The van der Waals surface area contributed by atoms with Crippen molar-refractivity contribution in [3.05, 3.63) is 54.1 Å². The number of hydrogen-bond donors (Lipinski definition) is 1. The zero-order valence-corrected chi connectivity index (χ0v) is 14.9. The molecule has 1 aliphatic heterocycles. The van der Waals surface area contributed by atoms with Crippen LogP contribution in [-0.2, 0) is 16.1 Å². The molecule has 0 saturated carbocycles. The first kappa shape index (κ1) is 18.1. The summed E-state index contributed by atoms with van der Waals surface area (Å²) in [4.78, 5) is 14.2. The van der Waals surface area contributed by atoms with Crippen LogP contribution in [0.2, 0.25) is 0 Å². The smallest absolute Gasteiger partial charge is 0.258 e.